The van der Waals surface area contributed by atoms with Gasteiger partial charge in [-0.25, -0.2) is 0 Å². The minimum Gasteiger partial charge on any atom is -0.396 e. The lowest BCUT2D eigenvalue weighted by molar-refractivity contribution is -0.0815. The number of rotatable bonds is 2. The maximum atomic E-state index is 9.22. The lowest BCUT2D eigenvalue weighted by atomic mass is 10.3. The van der Waals surface area contributed by atoms with E-state index in [0.717, 1.165) is 0 Å². The van der Waals surface area contributed by atoms with Gasteiger partial charge in [-0.1, -0.05) is 0 Å². The molecule has 1 aromatic rings. The predicted molar refractivity (Wildman–Crippen MR) is 39.6 cm³/mol. The van der Waals surface area contributed by atoms with E-state index in [9.17, 15) is 5.11 Å². The van der Waals surface area contributed by atoms with Crippen LogP contribution in [0.4, 0.5) is 5.69 Å². The van der Waals surface area contributed by atoms with E-state index in [1.54, 1.807) is 7.05 Å². The van der Waals surface area contributed by atoms with Gasteiger partial charge in [0.15, 0.2) is 6.29 Å². The van der Waals surface area contributed by atoms with Crippen molar-refractivity contribution in [2.75, 3.05) is 12.8 Å². The Balaban J connectivity index is 3.00. The van der Waals surface area contributed by atoms with Crippen molar-refractivity contribution in [3.8, 4) is 0 Å². The summed E-state index contributed by atoms with van der Waals surface area (Å²) in [5.74, 6) is 0. The molecule has 0 spiro atoms. The second-order valence-electron chi connectivity index (χ2n) is 2.20. The Morgan fingerprint density at radius 3 is 2.82 bits per heavy atom. The average Bonchev–Trinajstić information content (AvgIpc) is 2.30. The van der Waals surface area contributed by atoms with Crippen molar-refractivity contribution in [3.05, 3.63) is 11.9 Å². The Kier molecular flexibility index (Phi) is 2.11. The van der Waals surface area contributed by atoms with Crippen LogP contribution in [0.25, 0.3) is 0 Å². The summed E-state index contributed by atoms with van der Waals surface area (Å²) in [6.45, 7) is 0. The molecule has 3 N–H and O–H groups in total. The molecule has 0 aromatic carbocycles. The third kappa shape index (κ3) is 1.33. The van der Waals surface area contributed by atoms with Gasteiger partial charge >= 0.3 is 0 Å². The van der Waals surface area contributed by atoms with E-state index >= 15 is 0 Å². The minimum absolute atomic E-state index is 0.432. The number of nitrogens with zero attached hydrogens (tertiary/aromatic N) is 2. The SMILES string of the molecule is COC(O)c1c(N)cnn1C. The molecule has 0 aliphatic heterocycles. The van der Waals surface area contributed by atoms with E-state index in [2.05, 4.69) is 9.84 Å². The highest BCUT2D eigenvalue weighted by atomic mass is 16.6. The number of anilines is 1. The molecule has 1 unspecified atom stereocenters. The first-order valence-corrected chi connectivity index (χ1v) is 3.15. The van der Waals surface area contributed by atoms with Gasteiger partial charge < -0.3 is 15.6 Å². The van der Waals surface area contributed by atoms with Gasteiger partial charge in [0.2, 0.25) is 0 Å². The van der Waals surface area contributed by atoms with E-state index in [-0.39, 0.29) is 0 Å². The number of nitrogen functional groups attached to an aromatic ring is 1. The molecule has 1 heterocycles. The number of hydrogen-bond donors (Lipinski definition) is 2. The molecule has 0 aliphatic carbocycles. The third-order valence-corrected chi connectivity index (χ3v) is 1.47. The number of methoxy groups -OCH3 is 1. The Hall–Kier alpha value is -1.07. The fourth-order valence-corrected chi connectivity index (χ4v) is 0.878. The average molecular weight is 157 g/mol. The topological polar surface area (TPSA) is 73.3 Å². The summed E-state index contributed by atoms with van der Waals surface area (Å²) in [4.78, 5) is 0. The summed E-state index contributed by atoms with van der Waals surface area (Å²) in [5, 5.41) is 13.1. The fourth-order valence-electron chi connectivity index (χ4n) is 0.878. The Morgan fingerprint density at radius 1 is 1.82 bits per heavy atom. The van der Waals surface area contributed by atoms with Crippen LogP contribution in [0.3, 0.4) is 0 Å². The number of aliphatic hydroxyl groups is 1. The number of ether oxygens (including phenoxy) is 1. The highest BCUT2D eigenvalue weighted by Crippen LogP contribution is 2.18. The first-order chi connectivity index (χ1) is 5.16. The normalized spacial score (nSPS) is 13.4. The van der Waals surface area contributed by atoms with Gasteiger partial charge in [-0.2, -0.15) is 5.10 Å². The van der Waals surface area contributed by atoms with E-state index in [0.29, 0.717) is 11.4 Å². The van der Waals surface area contributed by atoms with Crippen LogP contribution in [0.1, 0.15) is 12.0 Å². The maximum absolute atomic E-state index is 9.22. The smallest absolute Gasteiger partial charge is 0.200 e. The van der Waals surface area contributed by atoms with Gasteiger partial charge in [-0.15, -0.1) is 0 Å². The molecule has 1 aromatic heterocycles. The predicted octanol–water partition coefficient (Wildman–Crippen LogP) is -0.360. The van der Waals surface area contributed by atoms with Crippen LogP contribution in [-0.4, -0.2) is 22.0 Å². The van der Waals surface area contributed by atoms with Crippen molar-refractivity contribution < 1.29 is 9.84 Å². The van der Waals surface area contributed by atoms with E-state index in [1.807, 2.05) is 0 Å². The van der Waals surface area contributed by atoms with Gasteiger partial charge in [0.1, 0.15) is 5.69 Å². The summed E-state index contributed by atoms with van der Waals surface area (Å²) in [6, 6.07) is 0. The molecule has 0 fully saturated rings. The van der Waals surface area contributed by atoms with E-state index < -0.39 is 6.29 Å². The number of aliphatic hydroxyl groups excluding tert-OH is 1. The monoisotopic (exact) mass is 157 g/mol. The van der Waals surface area contributed by atoms with E-state index in [4.69, 9.17) is 5.73 Å². The van der Waals surface area contributed by atoms with Gasteiger partial charge in [-0.3, -0.25) is 4.68 Å². The molecule has 5 heteroatoms. The van der Waals surface area contributed by atoms with Crippen molar-refractivity contribution in [1.29, 1.82) is 0 Å². The zero-order valence-electron chi connectivity index (χ0n) is 6.48. The summed E-state index contributed by atoms with van der Waals surface area (Å²) >= 11 is 0. The molecule has 1 atom stereocenters. The van der Waals surface area contributed by atoms with Crippen LogP contribution in [0.2, 0.25) is 0 Å². The Morgan fingerprint density at radius 2 is 2.45 bits per heavy atom. The van der Waals surface area contributed by atoms with Crippen LogP contribution >= 0.6 is 0 Å². The molecule has 0 radical (unpaired) electrons. The molecule has 0 bridgehead atoms. The zero-order valence-corrected chi connectivity index (χ0v) is 6.48. The van der Waals surface area contributed by atoms with Gasteiger partial charge in [-0.05, 0) is 0 Å². The summed E-state index contributed by atoms with van der Waals surface area (Å²) in [5.41, 5.74) is 6.41. The lowest BCUT2D eigenvalue weighted by Gasteiger charge is -2.08. The van der Waals surface area contributed by atoms with Crippen LogP contribution in [-0.2, 0) is 11.8 Å². The van der Waals surface area contributed by atoms with Crippen LogP contribution < -0.4 is 5.73 Å². The fraction of sp³-hybridized carbons (Fsp3) is 0.500. The summed E-state index contributed by atoms with van der Waals surface area (Å²) in [6.07, 6.45) is 0.472. The highest BCUT2D eigenvalue weighted by molar-refractivity contribution is 5.41. The van der Waals surface area contributed by atoms with Crippen LogP contribution in [0, 0.1) is 0 Å². The largest absolute Gasteiger partial charge is 0.396 e. The Labute approximate surface area is 64.4 Å². The van der Waals surface area contributed by atoms with Crippen LogP contribution in [0.15, 0.2) is 6.20 Å². The second-order valence-corrected chi connectivity index (χ2v) is 2.20. The molecular weight excluding hydrogens is 146 g/mol. The molecule has 11 heavy (non-hydrogen) atoms. The van der Waals surface area contributed by atoms with Crippen molar-refractivity contribution >= 4 is 5.69 Å². The number of hydrogen-bond acceptors (Lipinski definition) is 4. The van der Waals surface area contributed by atoms with Crippen molar-refractivity contribution in [3.63, 3.8) is 0 Å². The van der Waals surface area contributed by atoms with Crippen molar-refractivity contribution in [2.45, 2.75) is 6.29 Å². The number of aromatic nitrogens is 2. The quantitative estimate of drug-likeness (QED) is 0.575. The molecule has 5 nitrogen and oxygen atoms in total. The lowest BCUT2D eigenvalue weighted by Crippen LogP contribution is -2.08. The molecule has 0 saturated heterocycles. The molecule has 62 valence electrons. The molecule has 0 amide bonds. The van der Waals surface area contributed by atoms with Crippen molar-refractivity contribution in [2.24, 2.45) is 7.05 Å². The Bertz CT molecular complexity index is 226. The summed E-state index contributed by atoms with van der Waals surface area (Å²) < 4.78 is 6.15. The van der Waals surface area contributed by atoms with E-state index in [1.165, 1.54) is 18.0 Å². The second kappa shape index (κ2) is 2.89. The van der Waals surface area contributed by atoms with Crippen molar-refractivity contribution in [1.82, 2.24) is 9.78 Å². The molecule has 0 aliphatic rings. The zero-order chi connectivity index (χ0) is 8.43. The first kappa shape index (κ1) is 8.03. The molecule has 0 saturated carbocycles. The number of aryl methyl sites for hydroxylation is 1. The molecule has 1 rings (SSSR count). The third-order valence-electron chi connectivity index (χ3n) is 1.47. The minimum atomic E-state index is -0.998. The maximum Gasteiger partial charge on any atom is 0.200 e. The summed E-state index contributed by atoms with van der Waals surface area (Å²) in [7, 11) is 3.09. The highest BCUT2D eigenvalue weighted by Gasteiger charge is 2.13. The standard InChI is InChI=1S/C6H11N3O2/c1-9-5(6(10)11-2)4(7)3-8-9/h3,6,10H,7H2,1-2H3. The van der Waals surface area contributed by atoms with Gasteiger partial charge in [0.05, 0.1) is 11.9 Å². The van der Waals surface area contributed by atoms with Gasteiger partial charge in [0.25, 0.3) is 0 Å². The molecular formula is C6H11N3O2. The number of nitrogens with two attached hydrogens (primary N) is 1. The first-order valence-electron chi connectivity index (χ1n) is 3.15. The van der Waals surface area contributed by atoms with Gasteiger partial charge in [0, 0.05) is 14.2 Å². The van der Waals surface area contributed by atoms with Crippen LogP contribution in [0.5, 0.6) is 0 Å².